The first-order valence-electron chi connectivity index (χ1n) is 15.2. The van der Waals surface area contributed by atoms with Crippen LogP contribution in [-0.4, -0.2) is 35.8 Å². The number of rotatable bonds is 12. The highest BCUT2D eigenvalue weighted by molar-refractivity contribution is 8.02. The predicted octanol–water partition coefficient (Wildman–Crippen LogP) is 7.28. The molecule has 4 aromatic carbocycles. The van der Waals surface area contributed by atoms with Crippen molar-refractivity contribution in [3.63, 3.8) is 0 Å². The van der Waals surface area contributed by atoms with Gasteiger partial charge in [-0.2, -0.15) is 13.2 Å². The van der Waals surface area contributed by atoms with Gasteiger partial charge < -0.3 is 20.5 Å². The van der Waals surface area contributed by atoms with Crippen LogP contribution in [0.3, 0.4) is 0 Å². The minimum Gasteiger partial charge on any atom is -0.489 e. The highest BCUT2D eigenvalue weighted by Crippen LogP contribution is 2.53. The van der Waals surface area contributed by atoms with E-state index in [9.17, 15) is 27.6 Å². The van der Waals surface area contributed by atoms with E-state index < -0.39 is 33.9 Å². The average molecular weight is 678 g/mol. The first-order chi connectivity index (χ1) is 22.9. The van der Waals surface area contributed by atoms with Crippen LogP contribution in [0.15, 0.2) is 103 Å². The number of halogens is 3. The summed E-state index contributed by atoms with van der Waals surface area (Å²) in [5, 5.41) is 2.07. The predicted molar refractivity (Wildman–Crippen MR) is 178 cm³/mol. The van der Waals surface area contributed by atoms with Gasteiger partial charge in [-0.15, -0.1) is 11.8 Å². The summed E-state index contributed by atoms with van der Waals surface area (Å²) in [4.78, 5) is 40.0. The van der Waals surface area contributed by atoms with Crippen LogP contribution in [0.4, 0.5) is 23.7 Å². The molecule has 3 N–H and O–H groups in total. The molecule has 8 nitrogen and oxygen atoms in total. The number of nitrogens with one attached hydrogen (secondary N) is 1. The number of hydrogen-bond donors (Lipinski definition) is 2. The molecule has 1 heterocycles. The molecule has 0 bridgehead atoms. The second-order valence-electron chi connectivity index (χ2n) is 11.4. The number of hydrogen-bond acceptors (Lipinski definition) is 6. The van der Waals surface area contributed by atoms with Gasteiger partial charge in [0.1, 0.15) is 17.7 Å². The fourth-order valence-corrected chi connectivity index (χ4v) is 6.74. The van der Waals surface area contributed by atoms with Crippen LogP contribution in [0.5, 0.6) is 5.75 Å². The Morgan fingerprint density at radius 3 is 2.35 bits per heavy atom. The molecule has 0 aromatic heterocycles. The lowest BCUT2D eigenvalue weighted by Gasteiger charge is -2.25. The van der Waals surface area contributed by atoms with Crippen LogP contribution in [0.2, 0.25) is 0 Å². The normalized spacial score (nSPS) is 17.6. The van der Waals surface area contributed by atoms with E-state index in [1.54, 1.807) is 42.2 Å². The number of primary amides is 1. The maximum absolute atomic E-state index is 14.0. The summed E-state index contributed by atoms with van der Waals surface area (Å²) in [7, 11) is 0. The van der Waals surface area contributed by atoms with Gasteiger partial charge in [-0.1, -0.05) is 66.7 Å². The van der Waals surface area contributed by atoms with E-state index in [2.05, 4.69) is 5.32 Å². The van der Waals surface area contributed by atoms with Gasteiger partial charge in [0.05, 0.1) is 16.9 Å². The second-order valence-corrected chi connectivity index (χ2v) is 13.0. The number of nitrogens with zero attached hydrogens (tertiary/aromatic N) is 1. The minimum atomic E-state index is -4.45. The summed E-state index contributed by atoms with van der Waals surface area (Å²) in [6, 6.07) is 28.7. The summed E-state index contributed by atoms with van der Waals surface area (Å²) >= 11 is 1.39. The Kier molecular flexibility index (Phi) is 10.6. The van der Waals surface area contributed by atoms with Crippen LogP contribution < -0.4 is 20.7 Å². The first kappa shape index (κ1) is 34.4. The van der Waals surface area contributed by atoms with Crippen molar-refractivity contribution in [3.05, 3.63) is 131 Å². The number of carbonyl (C=O) groups excluding carboxylic acids is 3. The Labute approximate surface area is 280 Å². The second kappa shape index (κ2) is 14.8. The van der Waals surface area contributed by atoms with Crippen molar-refractivity contribution in [2.75, 3.05) is 18.1 Å². The molecule has 5 rings (SSSR count). The molecule has 1 aliphatic heterocycles. The van der Waals surface area contributed by atoms with E-state index in [-0.39, 0.29) is 37.5 Å². The van der Waals surface area contributed by atoms with Crippen molar-refractivity contribution in [2.24, 2.45) is 5.73 Å². The molecule has 0 unspecified atom stereocenters. The highest BCUT2D eigenvalue weighted by Gasteiger charge is 2.50. The molecule has 2 atom stereocenters. The average Bonchev–Trinajstić information content (AvgIpc) is 3.34. The maximum Gasteiger partial charge on any atom is 0.416 e. The number of anilines is 1. The third-order valence-corrected chi connectivity index (χ3v) is 9.45. The van der Waals surface area contributed by atoms with Gasteiger partial charge in [-0.25, -0.2) is 4.79 Å². The summed E-state index contributed by atoms with van der Waals surface area (Å²) in [5.41, 5.74) is 7.80. The van der Waals surface area contributed by atoms with Crippen molar-refractivity contribution in [3.8, 4) is 5.75 Å². The number of thioether (sulfide) groups is 1. The monoisotopic (exact) mass is 677 g/mol. The van der Waals surface area contributed by atoms with E-state index in [0.717, 1.165) is 23.3 Å². The molecular formula is C36H34F3N3O5S. The molecule has 0 radical (unpaired) electrons. The zero-order valence-corrected chi connectivity index (χ0v) is 26.9. The molecule has 3 amide bonds. The van der Waals surface area contributed by atoms with E-state index in [4.69, 9.17) is 15.2 Å². The SMILES string of the molecule is C[C@]1(CCOC(=O)NCCc2cccc(C(F)(F)F)c2)S[C@@H](c2ccc(OCc3ccccc3)cc2)N(c2cccc(C(N)=O)c2)C1=O. The van der Waals surface area contributed by atoms with Crippen molar-refractivity contribution < 1.29 is 37.0 Å². The molecule has 12 heteroatoms. The number of alkyl halides is 3. The standard InChI is InChI=1S/C36H34F3N3O5S/c1-35(18-20-46-34(45)41-19-17-24-9-5-11-28(21-24)36(37,38)39)33(44)42(29-12-6-10-27(22-29)31(40)43)32(48-35)26-13-15-30(16-14-26)47-23-25-7-3-2-4-8-25/h2-16,21-22,32H,17-20,23H2,1H3,(H2,40,43)(H,41,45)/t32-,35+/m0/s1. The van der Waals surface area contributed by atoms with E-state index in [1.807, 2.05) is 54.6 Å². The highest BCUT2D eigenvalue weighted by atomic mass is 32.2. The van der Waals surface area contributed by atoms with Crippen LogP contribution in [0.1, 0.15) is 51.3 Å². The molecule has 250 valence electrons. The van der Waals surface area contributed by atoms with E-state index in [0.29, 0.717) is 23.6 Å². The fraction of sp³-hybridized carbons (Fsp3) is 0.250. The third kappa shape index (κ3) is 8.48. The minimum absolute atomic E-state index is 0.0716. The molecule has 1 saturated heterocycles. The van der Waals surface area contributed by atoms with Gasteiger partial charge in [-0.05, 0) is 66.4 Å². The summed E-state index contributed by atoms with van der Waals surface area (Å²) < 4.78 is 49.3. The first-order valence-corrected chi connectivity index (χ1v) is 16.1. The molecule has 1 aliphatic rings. The molecule has 0 aliphatic carbocycles. The third-order valence-electron chi connectivity index (χ3n) is 7.85. The molecule has 1 fully saturated rings. The number of nitrogens with two attached hydrogens (primary N) is 1. The molecule has 48 heavy (non-hydrogen) atoms. The molecular weight excluding hydrogens is 643 g/mol. The lowest BCUT2D eigenvalue weighted by Crippen LogP contribution is -2.38. The van der Waals surface area contributed by atoms with Crippen LogP contribution >= 0.6 is 11.8 Å². The van der Waals surface area contributed by atoms with Crippen LogP contribution in [0.25, 0.3) is 0 Å². The number of ether oxygens (including phenoxy) is 2. The summed E-state index contributed by atoms with van der Waals surface area (Å²) in [5.74, 6) is -0.200. The van der Waals surface area contributed by atoms with E-state index >= 15 is 0 Å². The number of alkyl carbamates (subject to hydrolysis) is 1. The Bertz CT molecular complexity index is 1750. The van der Waals surface area contributed by atoms with Gasteiger partial charge in [0.15, 0.2) is 0 Å². The van der Waals surface area contributed by atoms with Crippen molar-refractivity contribution >= 4 is 35.4 Å². The van der Waals surface area contributed by atoms with Crippen molar-refractivity contribution in [2.45, 2.75) is 42.7 Å². The Hall–Kier alpha value is -4.97. The number of amides is 3. The van der Waals surface area contributed by atoms with Crippen molar-refractivity contribution in [1.29, 1.82) is 0 Å². The topological polar surface area (TPSA) is 111 Å². The lowest BCUT2D eigenvalue weighted by molar-refractivity contribution is -0.137. The number of carbonyl (C=O) groups is 3. The summed E-state index contributed by atoms with van der Waals surface area (Å²) in [6.07, 6.45) is -4.83. The van der Waals surface area contributed by atoms with Gasteiger partial charge >= 0.3 is 12.3 Å². The van der Waals surface area contributed by atoms with Crippen molar-refractivity contribution in [1.82, 2.24) is 5.32 Å². The van der Waals surface area contributed by atoms with Gasteiger partial charge in [-0.3, -0.25) is 14.5 Å². The van der Waals surface area contributed by atoms with Crippen LogP contribution in [0, 0.1) is 0 Å². The maximum atomic E-state index is 14.0. The zero-order valence-electron chi connectivity index (χ0n) is 26.0. The Morgan fingerprint density at radius 1 is 0.938 bits per heavy atom. The Balaban J connectivity index is 1.24. The van der Waals surface area contributed by atoms with Gasteiger partial charge in [0.2, 0.25) is 11.8 Å². The van der Waals surface area contributed by atoms with E-state index in [1.165, 1.54) is 17.8 Å². The largest absolute Gasteiger partial charge is 0.489 e. The van der Waals surface area contributed by atoms with Crippen LogP contribution in [-0.2, 0) is 28.7 Å². The molecule has 0 spiro atoms. The quantitative estimate of drug-likeness (QED) is 0.163. The summed E-state index contributed by atoms with van der Waals surface area (Å²) in [6.45, 7) is 2.16. The molecule has 0 saturated carbocycles. The number of benzene rings is 4. The van der Waals surface area contributed by atoms with Gasteiger partial charge in [0, 0.05) is 24.2 Å². The fourth-order valence-electron chi connectivity index (χ4n) is 5.23. The smallest absolute Gasteiger partial charge is 0.416 e. The van der Waals surface area contributed by atoms with Gasteiger partial charge in [0.25, 0.3) is 0 Å². The lowest BCUT2D eigenvalue weighted by atomic mass is 10.0. The Morgan fingerprint density at radius 2 is 1.65 bits per heavy atom. The zero-order chi connectivity index (χ0) is 34.3. The molecule has 4 aromatic rings.